The third-order valence-electron chi connectivity index (χ3n) is 4.55. The van der Waals surface area contributed by atoms with Crippen molar-refractivity contribution in [2.45, 2.75) is 6.92 Å². The fourth-order valence-electron chi connectivity index (χ4n) is 3.06. The van der Waals surface area contributed by atoms with Gasteiger partial charge in [-0.1, -0.05) is 12.1 Å². The molecule has 0 atom stereocenters. The number of carbonyl (C=O) groups is 1. The van der Waals surface area contributed by atoms with Gasteiger partial charge in [0, 0.05) is 37.8 Å². The van der Waals surface area contributed by atoms with Crippen LogP contribution in [0, 0.1) is 22.9 Å². The Labute approximate surface area is 156 Å². The first kappa shape index (κ1) is 18.6. The van der Waals surface area contributed by atoms with E-state index in [0.717, 1.165) is 0 Å². The fraction of sp³-hybridized carbons (Fsp3) is 0.316. The van der Waals surface area contributed by atoms with Gasteiger partial charge in [-0.25, -0.2) is 4.39 Å². The molecule has 1 heterocycles. The van der Waals surface area contributed by atoms with Gasteiger partial charge in [-0.3, -0.25) is 14.9 Å². The van der Waals surface area contributed by atoms with E-state index < -0.39 is 4.92 Å². The molecular weight excluding hydrogens is 353 g/mol. The van der Waals surface area contributed by atoms with Gasteiger partial charge in [0.25, 0.3) is 11.6 Å². The predicted molar refractivity (Wildman–Crippen MR) is 98.5 cm³/mol. The molecule has 0 unspecified atom stereocenters. The van der Waals surface area contributed by atoms with Crippen LogP contribution in [0.25, 0.3) is 0 Å². The van der Waals surface area contributed by atoms with Crippen molar-refractivity contribution in [3.63, 3.8) is 0 Å². The number of rotatable bonds is 5. The molecule has 1 fully saturated rings. The lowest BCUT2D eigenvalue weighted by Crippen LogP contribution is -2.50. The summed E-state index contributed by atoms with van der Waals surface area (Å²) in [7, 11) is 0. The van der Waals surface area contributed by atoms with E-state index in [2.05, 4.69) is 0 Å². The van der Waals surface area contributed by atoms with Gasteiger partial charge >= 0.3 is 0 Å². The first-order valence-electron chi connectivity index (χ1n) is 8.61. The van der Waals surface area contributed by atoms with E-state index in [0.29, 0.717) is 43.2 Å². The number of piperazine rings is 1. The van der Waals surface area contributed by atoms with Crippen LogP contribution in [-0.4, -0.2) is 48.5 Å². The van der Waals surface area contributed by atoms with Crippen molar-refractivity contribution in [1.82, 2.24) is 4.90 Å². The average Bonchev–Trinajstić information content (AvgIpc) is 2.66. The van der Waals surface area contributed by atoms with Crippen LogP contribution in [0.1, 0.15) is 5.56 Å². The Hall–Kier alpha value is -3.16. The Kier molecular flexibility index (Phi) is 5.54. The molecule has 142 valence electrons. The van der Waals surface area contributed by atoms with E-state index in [1.807, 2.05) is 4.90 Å². The minimum absolute atomic E-state index is 0.0120. The molecule has 0 spiro atoms. The number of nitro groups is 1. The van der Waals surface area contributed by atoms with Crippen molar-refractivity contribution in [3.8, 4) is 5.75 Å². The number of para-hydroxylation sites is 1. The first-order valence-corrected chi connectivity index (χ1v) is 8.61. The number of ether oxygens (including phenoxy) is 1. The Balaban J connectivity index is 1.52. The molecule has 0 aliphatic carbocycles. The molecule has 0 aromatic heterocycles. The van der Waals surface area contributed by atoms with Crippen LogP contribution < -0.4 is 9.64 Å². The van der Waals surface area contributed by atoms with Crippen molar-refractivity contribution >= 4 is 17.3 Å². The molecule has 0 radical (unpaired) electrons. The summed E-state index contributed by atoms with van der Waals surface area (Å²) in [4.78, 5) is 26.3. The lowest BCUT2D eigenvalue weighted by molar-refractivity contribution is -0.385. The maximum absolute atomic E-state index is 13.9. The number of carbonyl (C=O) groups excluding carboxylic acids is 1. The van der Waals surface area contributed by atoms with Gasteiger partial charge in [-0.15, -0.1) is 0 Å². The second kappa shape index (κ2) is 8.03. The summed E-state index contributed by atoms with van der Waals surface area (Å²) in [5, 5.41) is 10.8. The Morgan fingerprint density at radius 1 is 1.19 bits per heavy atom. The topological polar surface area (TPSA) is 75.9 Å². The fourth-order valence-corrected chi connectivity index (χ4v) is 3.06. The smallest absolute Gasteiger partial charge is 0.272 e. The van der Waals surface area contributed by atoms with Crippen LogP contribution in [-0.2, 0) is 4.79 Å². The van der Waals surface area contributed by atoms with Gasteiger partial charge < -0.3 is 14.5 Å². The SMILES string of the molecule is Cc1cc(OCC(=O)N2CCN(c3ccccc3F)CC2)ccc1[N+](=O)[O-]. The third kappa shape index (κ3) is 4.33. The highest BCUT2D eigenvalue weighted by molar-refractivity contribution is 5.78. The van der Waals surface area contributed by atoms with Crippen LogP contribution in [0.4, 0.5) is 15.8 Å². The summed E-state index contributed by atoms with van der Waals surface area (Å²) < 4.78 is 19.3. The molecule has 0 N–H and O–H groups in total. The zero-order valence-electron chi connectivity index (χ0n) is 14.9. The number of nitro benzene ring substituents is 1. The normalized spacial score (nSPS) is 14.1. The van der Waals surface area contributed by atoms with Crippen LogP contribution in [0.3, 0.4) is 0 Å². The second-order valence-electron chi connectivity index (χ2n) is 6.31. The number of halogens is 1. The number of amides is 1. The Morgan fingerprint density at radius 3 is 2.52 bits per heavy atom. The van der Waals surface area contributed by atoms with E-state index in [-0.39, 0.29) is 24.0 Å². The minimum atomic E-state index is -0.459. The molecule has 2 aromatic carbocycles. The molecule has 1 saturated heterocycles. The van der Waals surface area contributed by atoms with Gasteiger partial charge in [0.15, 0.2) is 6.61 Å². The molecule has 7 nitrogen and oxygen atoms in total. The minimum Gasteiger partial charge on any atom is -0.484 e. The third-order valence-corrected chi connectivity index (χ3v) is 4.55. The van der Waals surface area contributed by atoms with Crippen LogP contribution in [0.2, 0.25) is 0 Å². The molecule has 1 aliphatic heterocycles. The molecule has 27 heavy (non-hydrogen) atoms. The van der Waals surface area contributed by atoms with Crippen molar-refractivity contribution in [3.05, 3.63) is 64.0 Å². The number of hydrogen-bond donors (Lipinski definition) is 0. The molecule has 8 heteroatoms. The Morgan fingerprint density at radius 2 is 1.89 bits per heavy atom. The lowest BCUT2D eigenvalue weighted by Gasteiger charge is -2.36. The van der Waals surface area contributed by atoms with E-state index >= 15 is 0 Å². The van der Waals surface area contributed by atoms with Gasteiger partial charge in [0.2, 0.25) is 0 Å². The summed E-state index contributed by atoms with van der Waals surface area (Å²) >= 11 is 0. The van der Waals surface area contributed by atoms with Crippen LogP contribution >= 0.6 is 0 Å². The second-order valence-corrected chi connectivity index (χ2v) is 6.31. The molecular formula is C19H20FN3O4. The zero-order chi connectivity index (χ0) is 19.4. The van der Waals surface area contributed by atoms with Crippen LogP contribution in [0.15, 0.2) is 42.5 Å². The van der Waals surface area contributed by atoms with Gasteiger partial charge in [-0.2, -0.15) is 0 Å². The highest BCUT2D eigenvalue weighted by Crippen LogP contribution is 2.23. The number of benzene rings is 2. The van der Waals surface area contributed by atoms with Crippen molar-refractivity contribution in [2.75, 3.05) is 37.7 Å². The predicted octanol–water partition coefficient (Wildman–Crippen LogP) is 2.77. The standard InChI is InChI=1S/C19H20FN3O4/c1-14-12-15(6-7-17(14)23(25)26)27-13-19(24)22-10-8-21(9-11-22)18-5-3-2-4-16(18)20/h2-7,12H,8-11,13H2,1H3. The zero-order valence-corrected chi connectivity index (χ0v) is 14.9. The first-order chi connectivity index (χ1) is 13.0. The van der Waals surface area contributed by atoms with Crippen molar-refractivity contribution in [1.29, 1.82) is 0 Å². The molecule has 1 amide bonds. The van der Waals surface area contributed by atoms with Crippen LogP contribution in [0.5, 0.6) is 5.75 Å². The number of anilines is 1. The Bertz CT molecular complexity index is 851. The molecule has 0 saturated carbocycles. The molecule has 3 rings (SSSR count). The van der Waals surface area contributed by atoms with Gasteiger partial charge in [-0.05, 0) is 31.2 Å². The number of hydrogen-bond acceptors (Lipinski definition) is 5. The molecule has 2 aromatic rings. The van der Waals surface area contributed by atoms with E-state index in [1.165, 1.54) is 18.2 Å². The monoisotopic (exact) mass is 373 g/mol. The molecule has 0 bridgehead atoms. The summed E-state index contributed by atoms with van der Waals surface area (Å²) in [6, 6.07) is 11.0. The lowest BCUT2D eigenvalue weighted by atomic mass is 10.2. The highest BCUT2D eigenvalue weighted by Gasteiger charge is 2.23. The highest BCUT2D eigenvalue weighted by atomic mass is 19.1. The average molecular weight is 373 g/mol. The van der Waals surface area contributed by atoms with Crippen molar-refractivity contribution < 1.29 is 18.8 Å². The summed E-state index contributed by atoms with van der Waals surface area (Å²) in [5.74, 6) is -0.0233. The maximum Gasteiger partial charge on any atom is 0.272 e. The number of nitrogens with zero attached hydrogens (tertiary/aromatic N) is 3. The molecule has 1 aliphatic rings. The number of aryl methyl sites for hydroxylation is 1. The van der Waals surface area contributed by atoms with Gasteiger partial charge in [0.1, 0.15) is 11.6 Å². The maximum atomic E-state index is 13.9. The summed E-state index contributed by atoms with van der Waals surface area (Å²) in [6.45, 7) is 3.53. The quantitative estimate of drug-likeness (QED) is 0.595. The van der Waals surface area contributed by atoms with Gasteiger partial charge in [0.05, 0.1) is 10.6 Å². The van der Waals surface area contributed by atoms with E-state index in [9.17, 15) is 19.3 Å². The largest absolute Gasteiger partial charge is 0.484 e. The van der Waals surface area contributed by atoms with Crippen molar-refractivity contribution in [2.24, 2.45) is 0 Å². The van der Waals surface area contributed by atoms with E-state index in [4.69, 9.17) is 4.74 Å². The summed E-state index contributed by atoms with van der Waals surface area (Å²) in [5.41, 5.74) is 1.03. The summed E-state index contributed by atoms with van der Waals surface area (Å²) in [6.07, 6.45) is 0. The van der Waals surface area contributed by atoms with E-state index in [1.54, 1.807) is 36.1 Å².